The first-order valence-electron chi connectivity index (χ1n) is 9.79. The fourth-order valence-electron chi connectivity index (χ4n) is 3.89. The summed E-state index contributed by atoms with van der Waals surface area (Å²) in [5.41, 5.74) is 3.15. The topological polar surface area (TPSA) is 70.7 Å². The molecule has 1 aromatic rings. The van der Waals surface area contributed by atoms with Gasteiger partial charge in [0.05, 0.1) is 12.9 Å². The molecule has 2 amide bonds. The molecule has 2 unspecified atom stereocenters. The summed E-state index contributed by atoms with van der Waals surface area (Å²) < 4.78 is 5.23. The van der Waals surface area contributed by atoms with E-state index < -0.39 is 0 Å². The summed E-state index contributed by atoms with van der Waals surface area (Å²) in [5.74, 6) is 1.23. The van der Waals surface area contributed by atoms with E-state index >= 15 is 0 Å². The Morgan fingerprint density at radius 1 is 1.31 bits per heavy atom. The van der Waals surface area contributed by atoms with Crippen LogP contribution in [0.5, 0.6) is 5.75 Å². The van der Waals surface area contributed by atoms with Crippen LogP contribution in [0, 0.1) is 0 Å². The summed E-state index contributed by atoms with van der Waals surface area (Å²) in [6, 6.07) is 7.82. The predicted molar refractivity (Wildman–Crippen MR) is 117 cm³/mol. The molecular weight excluding hydrogens is 406 g/mol. The Hall–Kier alpha value is -2.06. The summed E-state index contributed by atoms with van der Waals surface area (Å²) in [4.78, 5) is 27.4. The minimum atomic E-state index is -0.104. The average Bonchev–Trinajstić information content (AvgIpc) is 3.34. The quantitative estimate of drug-likeness (QED) is 0.691. The summed E-state index contributed by atoms with van der Waals surface area (Å²) in [6.45, 7) is 0.541. The molecule has 3 aliphatic rings. The van der Waals surface area contributed by atoms with Crippen LogP contribution in [0.1, 0.15) is 31.2 Å². The molecule has 4 rings (SSSR count). The number of ether oxygens (including phenoxy) is 1. The second-order valence-electron chi connectivity index (χ2n) is 7.21. The first-order chi connectivity index (χ1) is 14.2. The number of thioether (sulfide) groups is 2. The summed E-state index contributed by atoms with van der Waals surface area (Å²) in [5, 5.41) is 7.89. The molecule has 0 fully saturated rings. The van der Waals surface area contributed by atoms with Crippen LogP contribution in [0.4, 0.5) is 0 Å². The van der Waals surface area contributed by atoms with Crippen molar-refractivity contribution in [3.8, 4) is 5.75 Å². The Bertz CT molecular complexity index is 830. The van der Waals surface area contributed by atoms with Crippen molar-refractivity contribution in [3.63, 3.8) is 0 Å². The van der Waals surface area contributed by atoms with Crippen molar-refractivity contribution < 1.29 is 14.3 Å². The fraction of sp³-hybridized carbons (Fsp3) is 0.429. The third-order valence-corrected chi connectivity index (χ3v) is 7.42. The van der Waals surface area contributed by atoms with Gasteiger partial charge >= 0.3 is 0 Å². The van der Waals surface area contributed by atoms with E-state index in [0.29, 0.717) is 12.3 Å². The van der Waals surface area contributed by atoms with Gasteiger partial charge in [-0.2, -0.15) is 0 Å². The zero-order valence-electron chi connectivity index (χ0n) is 16.3. The molecule has 1 aromatic carbocycles. The van der Waals surface area contributed by atoms with E-state index in [4.69, 9.17) is 4.74 Å². The number of methoxy groups -OCH3 is 1. The maximum atomic E-state index is 13.1. The van der Waals surface area contributed by atoms with E-state index in [0.717, 1.165) is 42.6 Å². The van der Waals surface area contributed by atoms with E-state index in [9.17, 15) is 9.59 Å². The summed E-state index contributed by atoms with van der Waals surface area (Å²) in [7, 11) is 1.64. The molecule has 2 heterocycles. The lowest BCUT2D eigenvalue weighted by atomic mass is 9.94. The van der Waals surface area contributed by atoms with Crippen molar-refractivity contribution >= 4 is 35.3 Å². The maximum Gasteiger partial charge on any atom is 0.251 e. The predicted octanol–water partition coefficient (Wildman–Crippen LogP) is 3.17. The highest BCUT2D eigenvalue weighted by molar-refractivity contribution is 8.03. The molecule has 8 heteroatoms. The first kappa shape index (κ1) is 20.2. The number of nitrogens with zero attached hydrogens (tertiary/aromatic N) is 1. The zero-order chi connectivity index (χ0) is 20.2. The number of amides is 2. The van der Waals surface area contributed by atoms with Crippen LogP contribution in [0.25, 0.3) is 0 Å². The summed E-state index contributed by atoms with van der Waals surface area (Å²) >= 11 is 3.09. The van der Waals surface area contributed by atoms with E-state index in [1.54, 1.807) is 18.9 Å². The van der Waals surface area contributed by atoms with Crippen molar-refractivity contribution in [2.75, 3.05) is 12.9 Å². The molecule has 2 N–H and O–H groups in total. The van der Waals surface area contributed by atoms with Crippen LogP contribution < -0.4 is 15.4 Å². The molecule has 2 atom stereocenters. The van der Waals surface area contributed by atoms with Crippen LogP contribution in [0.3, 0.4) is 0 Å². The van der Waals surface area contributed by atoms with Crippen molar-refractivity contribution in [3.05, 3.63) is 52.6 Å². The number of carbonyl (C=O) groups is 2. The van der Waals surface area contributed by atoms with E-state index in [-0.39, 0.29) is 22.7 Å². The van der Waals surface area contributed by atoms with Gasteiger partial charge in [-0.15, -0.1) is 11.8 Å². The number of hydrogen-bond donors (Lipinski definition) is 2. The largest absolute Gasteiger partial charge is 0.497 e. The molecule has 0 spiro atoms. The Balaban J connectivity index is 1.44. The number of carbonyl (C=O) groups excluding carboxylic acids is 2. The second kappa shape index (κ2) is 9.17. The van der Waals surface area contributed by atoms with Crippen molar-refractivity contribution in [2.24, 2.45) is 0 Å². The number of nitrogens with one attached hydrogen (secondary N) is 2. The Morgan fingerprint density at radius 3 is 2.83 bits per heavy atom. The highest BCUT2D eigenvalue weighted by Crippen LogP contribution is 2.41. The van der Waals surface area contributed by atoms with E-state index in [2.05, 4.69) is 10.6 Å². The van der Waals surface area contributed by atoms with Crippen LogP contribution in [-0.4, -0.2) is 40.4 Å². The third-order valence-electron chi connectivity index (χ3n) is 5.32. The van der Waals surface area contributed by atoms with Crippen LogP contribution in [0.2, 0.25) is 0 Å². The number of benzene rings is 1. The lowest BCUT2D eigenvalue weighted by molar-refractivity contribution is -0.126. The van der Waals surface area contributed by atoms with E-state index in [1.165, 1.54) is 17.3 Å². The number of hydrogen-bond acceptors (Lipinski definition) is 6. The van der Waals surface area contributed by atoms with Gasteiger partial charge in [0, 0.05) is 18.3 Å². The fourth-order valence-corrected chi connectivity index (χ4v) is 5.76. The Morgan fingerprint density at radius 2 is 2.10 bits per heavy atom. The van der Waals surface area contributed by atoms with E-state index in [1.807, 2.05) is 40.8 Å². The van der Waals surface area contributed by atoms with Crippen molar-refractivity contribution in [1.29, 1.82) is 0 Å². The van der Waals surface area contributed by atoms with Gasteiger partial charge in [-0.3, -0.25) is 9.59 Å². The molecule has 0 bridgehead atoms. The van der Waals surface area contributed by atoms with Gasteiger partial charge in [0.25, 0.3) is 5.91 Å². The normalized spacial score (nSPS) is 23.2. The van der Waals surface area contributed by atoms with Crippen molar-refractivity contribution in [2.45, 2.75) is 43.1 Å². The van der Waals surface area contributed by atoms with Crippen molar-refractivity contribution in [1.82, 2.24) is 15.5 Å². The number of rotatable bonds is 7. The molecule has 2 aliphatic heterocycles. The van der Waals surface area contributed by atoms with Gasteiger partial charge in [-0.1, -0.05) is 23.9 Å². The Labute approximate surface area is 179 Å². The summed E-state index contributed by atoms with van der Waals surface area (Å²) in [6.07, 6.45) is 5.80. The van der Waals surface area contributed by atoms with Crippen LogP contribution in [-0.2, 0) is 16.1 Å². The molecule has 0 radical (unpaired) electrons. The smallest absolute Gasteiger partial charge is 0.251 e. The van der Waals surface area contributed by atoms with Gasteiger partial charge in [0.15, 0.2) is 5.50 Å². The minimum absolute atomic E-state index is 0.0228. The third kappa shape index (κ3) is 4.59. The maximum absolute atomic E-state index is 13.1. The zero-order valence-corrected chi connectivity index (χ0v) is 18.0. The highest BCUT2D eigenvalue weighted by Gasteiger charge is 2.40. The lowest BCUT2D eigenvalue weighted by Crippen LogP contribution is -2.40. The standard InChI is InChI=1S/C21H25N3O3S2/c1-27-15-8-6-14(7-9-15)12-24-19(26)16-4-2-3-5-17(16)20(24)29-13-18(25)23-21-22-10-11-28-21/h6-11,20-22H,2-5,12-13H2,1H3,(H,23,25). The van der Waals surface area contributed by atoms with Gasteiger partial charge in [-0.25, -0.2) is 0 Å². The Kier molecular flexibility index (Phi) is 6.40. The minimum Gasteiger partial charge on any atom is -0.497 e. The van der Waals surface area contributed by atoms with Gasteiger partial charge in [-0.05, 0) is 54.4 Å². The molecule has 0 aromatic heterocycles. The monoisotopic (exact) mass is 431 g/mol. The van der Waals surface area contributed by atoms with Crippen LogP contribution in [0.15, 0.2) is 47.0 Å². The van der Waals surface area contributed by atoms with Gasteiger partial charge < -0.3 is 20.3 Å². The molecule has 6 nitrogen and oxygen atoms in total. The molecule has 0 saturated heterocycles. The SMILES string of the molecule is COc1ccc(CN2C(=O)C3=C(CCCC3)C2SCC(=O)NC2NC=CS2)cc1. The second-order valence-corrected chi connectivity index (χ2v) is 9.29. The average molecular weight is 432 g/mol. The molecule has 1 aliphatic carbocycles. The first-order valence-corrected chi connectivity index (χ1v) is 11.8. The van der Waals surface area contributed by atoms with Crippen LogP contribution >= 0.6 is 23.5 Å². The lowest BCUT2D eigenvalue weighted by Gasteiger charge is -2.27. The van der Waals surface area contributed by atoms with Gasteiger partial charge in [0.2, 0.25) is 5.91 Å². The molecular formula is C21H25N3O3S2. The molecule has 29 heavy (non-hydrogen) atoms. The molecule has 154 valence electrons. The van der Waals surface area contributed by atoms with Gasteiger partial charge in [0.1, 0.15) is 11.1 Å². The molecule has 0 saturated carbocycles. The highest BCUT2D eigenvalue weighted by atomic mass is 32.2.